The molecular weight excluding hydrogens is 316 g/mol. The summed E-state index contributed by atoms with van der Waals surface area (Å²) in [6.45, 7) is 5.82. The van der Waals surface area contributed by atoms with Gasteiger partial charge in [0.25, 0.3) is 0 Å². The van der Waals surface area contributed by atoms with Crippen LogP contribution in [0.1, 0.15) is 18.5 Å². The molecule has 1 fully saturated rings. The molecule has 1 saturated heterocycles. The molecule has 0 bridgehead atoms. The van der Waals surface area contributed by atoms with Gasteiger partial charge in [0, 0.05) is 44.6 Å². The number of fused-ring (bicyclic) bond motifs is 1. The van der Waals surface area contributed by atoms with Crippen LogP contribution < -0.4 is 4.90 Å². The highest BCUT2D eigenvalue weighted by atomic mass is 16.3. The van der Waals surface area contributed by atoms with Crippen molar-refractivity contribution in [3.05, 3.63) is 48.5 Å². The van der Waals surface area contributed by atoms with Crippen molar-refractivity contribution in [1.82, 2.24) is 24.8 Å². The summed E-state index contributed by atoms with van der Waals surface area (Å²) in [5.74, 6) is 0.765. The number of aromatic nitrogens is 4. The van der Waals surface area contributed by atoms with Crippen molar-refractivity contribution in [3.8, 4) is 5.75 Å². The minimum Gasteiger partial charge on any atom is -0.505 e. The molecule has 0 radical (unpaired) electrons. The number of hydrogen-bond acceptors (Lipinski definition) is 7. The number of nitrogens with zero attached hydrogens (tertiary/aromatic N) is 6. The van der Waals surface area contributed by atoms with Crippen LogP contribution in [0.2, 0.25) is 0 Å². The first-order valence-electron chi connectivity index (χ1n) is 8.41. The summed E-state index contributed by atoms with van der Waals surface area (Å²) in [5, 5.41) is 9.31. The predicted octanol–water partition coefficient (Wildman–Crippen LogP) is 2.01. The quantitative estimate of drug-likeness (QED) is 0.784. The molecule has 1 aromatic carbocycles. The van der Waals surface area contributed by atoms with Gasteiger partial charge in [-0.2, -0.15) is 0 Å². The lowest BCUT2D eigenvalue weighted by molar-refractivity contribution is 0.198. The van der Waals surface area contributed by atoms with E-state index in [4.69, 9.17) is 0 Å². The lowest BCUT2D eigenvalue weighted by Gasteiger charge is -2.38. The Balaban J connectivity index is 1.45. The molecule has 4 rings (SSSR count). The molecule has 7 heteroatoms. The first kappa shape index (κ1) is 15.7. The highest BCUT2D eigenvalue weighted by molar-refractivity contribution is 5.74. The van der Waals surface area contributed by atoms with Gasteiger partial charge in [0.15, 0.2) is 5.75 Å². The van der Waals surface area contributed by atoms with Crippen LogP contribution in [-0.4, -0.2) is 56.1 Å². The molecule has 7 nitrogen and oxygen atoms in total. The lowest BCUT2D eigenvalue weighted by atomic mass is 10.1. The minimum atomic E-state index is 0.0930. The molecule has 0 spiro atoms. The number of piperazine rings is 1. The second kappa shape index (κ2) is 6.60. The van der Waals surface area contributed by atoms with E-state index in [0.29, 0.717) is 12.0 Å². The van der Waals surface area contributed by atoms with Gasteiger partial charge in [0.2, 0.25) is 5.95 Å². The van der Waals surface area contributed by atoms with Crippen LogP contribution in [0.3, 0.4) is 0 Å². The number of hydrogen-bond donors (Lipinski definition) is 1. The van der Waals surface area contributed by atoms with Gasteiger partial charge in [0.1, 0.15) is 0 Å². The van der Waals surface area contributed by atoms with Crippen LogP contribution in [-0.2, 0) is 0 Å². The largest absolute Gasteiger partial charge is 0.505 e. The molecule has 128 valence electrons. The highest BCUT2D eigenvalue weighted by Gasteiger charge is 2.23. The van der Waals surface area contributed by atoms with E-state index in [-0.39, 0.29) is 5.75 Å². The van der Waals surface area contributed by atoms with Crippen molar-refractivity contribution in [1.29, 1.82) is 0 Å². The molecule has 3 aromatic rings. The summed E-state index contributed by atoms with van der Waals surface area (Å²) in [6.07, 6.45) is 6.32. The lowest BCUT2D eigenvalue weighted by Crippen LogP contribution is -2.47. The SMILES string of the molecule is CC(c1ccc2nccnc2c1)N1CCN(c2ncc(O)cn2)CC1. The molecule has 0 amide bonds. The van der Waals surface area contributed by atoms with Gasteiger partial charge in [-0.25, -0.2) is 9.97 Å². The van der Waals surface area contributed by atoms with Crippen molar-refractivity contribution in [2.75, 3.05) is 31.1 Å². The number of aromatic hydroxyl groups is 1. The molecule has 2 aromatic heterocycles. The summed E-state index contributed by atoms with van der Waals surface area (Å²) < 4.78 is 0. The van der Waals surface area contributed by atoms with Crippen LogP contribution in [0.4, 0.5) is 5.95 Å². The van der Waals surface area contributed by atoms with E-state index >= 15 is 0 Å². The van der Waals surface area contributed by atoms with Crippen LogP contribution in [0.15, 0.2) is 43.0 Å². The molecule has 1 N–H and O–H groups in total. The van der Waals surface area contributed by atoms with E-state index in [2.05, 4.69) is 48.8 Å². The van der Waals surface area contributed by atoms with E-state index in [1.165, 1.54) is 18.0 Å². The Labute approximate surface area is 146 Å². The van der Waals surface area contributed by atoms with Gasteiger partial charge in [0.05, 0.1) is 23.4 Å². The van der Waals surface area contributed by atoms with E-state index < -0.39 is 0 Å². The Morgan fingerprint density at radius 2 is 1.60 bits per heavy atom. The number of rotatable bonds is 3. The van der Waals surface area contributed by atoms with Gasteiger partial charge >= 0.3 is 0 Å². The normalized spacial score (nSPS) is 16.9. The van der Waals surface area contributed by atoms with Crippen molar-refractivity contribution < 1.29 is 5.11 Å². The average molecular weight is 336 g/mol. The zero-order chi connectivity index (χ0) is 17.2. The molecular formula is C18H20N6O. The summed E-state index contributed by atoms with van der Waals surface area (Å²) in [4.78, 5) is 21.7. The Morgan fingerprint density at radius 1 is 0.920 bits per heavy atom. The first-order valence-corrected chi connectivity index (χ1v) is 8.41. The number of benzene rings is 1. The molecule has 3 heterocycles. The fourth-order valence-electron chi connectivity index (χ4n) is 3.24. The van der Waals surface area contributed by atoms with Gasteiger partial charge in [-0.05, 0) is 24.6 Å². The molecule has 0 aliphatic carbocycles. The van der Waals surface area contributed by atoms with Gasteiger partial charge < -0.3 is 10.0 Å². The summed E-state index contributed by atoms with van der Waals surface area (Å²) >= 11 is 0. The third kappa shape index (κ3) is 3.23. The van der Waals surface area contributed by atoms with Crippen molar-refractivity contribution in [2.45, 2.75) is 13.0 Å². The molecule has 1 aliphatic rings. The first-order chi connectivity index (χ1) is 12.2. The molecule has 1 atom stereocenters. The highest BCUT2D eigenvalue weighted by Crippen LogP contribution is 2.24. The van der Waals surface area contributed by atoms with E-state index in [1.54, 1.807) is 12.4 Å². The third-order valence-corrected chi connectivity index (χ3v) is 4.75. The van der Waals surface area contributed by atoms with Crippen LogP contribution in [0.5, 0.6) is 5.75 Å². The fraction of sp³-hybridized carbons (Fsp3) is 0.333. The van der Waals surface area contributed by atoms with E-state index in [1.807, 2.05) is 6.07 Å². The maximum atomic E-state index is 9.31. The van der Waals surface area contributed by atoms with Crippen molar-refractivity contribution >= 4 is 17.0 Å². The predicted molar refractivity (Wildman–Crippen MR) is 95.4 cm³/mol. The maximum absolute atomic E-state index is 9.31. The molecule has 0 saturated carbocycles. The standard InChI is InChI=1S/C18H20N6O/c1-13(14-2-3-16-17(10-14)20-5-4-19-16)23-6-8-24(9-7-23)18-21-11-15(25)12-22-18/h2-5,10-13,25H,6-9H2,1H3. The van der Waals surface area contributed by atoms with Crippen LogP contribution in [0, 0.1) is 0 Å². The molecule has 1 unspecified atom stereocenters. The Morgan fingerprint density at radius 3 is 2.32 bits per heavy atom. The third-order valence-electron chi connectivity index (χ3n) is 4.75. The summed E-state index contributed by atoms with van der Waals surface area (Å²) in [5.41, 5.74) is 3.11. The minimum absolute atomic E-state index is 0.0930. The zero-order valence-electron chi connectivity index (χ0n) is 14.1. The van der Waals surface area contributed by atoms with Gasteiger partial charge in [-0.3, -0.25) is 14.9 Å². The van der Waals surface area contributed by atoms with Crippen molar-refractivity contribution in [3.63, 3.8) is 0 Å². The Bertz CT molecular complexity index is 861. The van der Waals surface area contributed by atoms with Crippen molar-refractivity contribution in [2.24, 2.45) is 0 Å². The van der Waals surface area contributed by atoms with E-state index in [9.17, 15) is 5.11 Å². The van der Waals surface area contributed by atoms with Gasteiger partial charge in [-0.1, -0.05) is 6.07 Å². The maximum Gasteiger partial charge on any atom is 0.225 e. The zero-order valence-corrected chi connectivity index (χ0v) is 14.1. The Hall–Kier alpha value is -2.80. The van der Waals surface area contributed by atoms with Crippen LogP contribution in [0.25, 0.3) is 11.0 Å². The molecule has 1 aliphatic heterocycles. The smallest absolute Gasteiger partial charge is 0.225 e. The van der Waals surface area contributed by atoms with E-state index in [0.717, 1.165) is 37.2 Å². The second-order valence-electron chi connectivity index (χ2n) is 6.24. The fourth-order valence-corrected chi connectivity index (χ4v) is 3.24. The topological polar surface area (TPSA) is 78.3 Å². The Kier molecular flexibility index (Phi) is 4.15. The summed E-state index contributed by atoms with van der Waals surface area (Å²) in [7, 11) is 0. The van der Waals surface area contributed by atoms with Gasteiger partial charge in [-0.15, -0.1) is 0 Å². The monoisotopic (exact) mass is 336 g/mol. The second-order valence-corrected chi connectivity index (χ2v) is 6.24. The van der Waals surface area contributed by atoms with Crippen LogP contribution >= 0.6 is 0 Å². The average Bonchev–Trinajstić information content (AvgIpc) is 2.68. The number of anilines is 1. The molecule has 25 heavy (non-hydrogen) atoms. The summed E-state index contributed by atoms with van der Waals surface area (Å²) in [6, 6.07) is 6.61.